The zero-order valence-corrected chi connectivity index (χ0v) is 13.7. The van der Waals surface area contributed by atoms with Gasteiger partial charge in [-0.1, -0.05) is 12.1 Å². The van der Waals surface area contributed by atoms with Crippen LogP contribution in [0.4, 0.5) is 0 Å². The number of benzene rings is 1. The molecule has 0 aliphatic heterocycles. The second-order valence-corrected chi connectivity index (χ2v) is 5.42. The van der Waals surface area contributed by atoms with Crippen LogP contribution in [-0.4, -0.2) is 10.2 Å². The lowest BCUT2D eigenvalue weighted by molar-refractivity contribution is 0.430. The molecule has 1 aromatic carbocycles. The maximum Gasteiger partial charge on any atom is 0.118 e. The van der Waals surface area contributed by atoms with Crippen molar-refractivity contribution in [2.75, 3.05) is 0 Å². The molecule has 0 amide bonds. The molecule has 0 radical (unpaired) electrons. The van der Waals surface area contributed by atoms with E-state index in [2.05, 4.69) is 12.1 Å². The van der Waals surface area contributed by atoms with E-state index >= 15 is 0 Å². The lowest BCUT2D eigenvalue weighted by Gasteiger charge is -2.11. The van der Waals surface area contributed by atoms with Crippen LogP contribution in [0.3, 0.4) is 0 Å². The first kappa shape index (κ1) is 17.1. The summed E-state index contributed by atoms with van der Waals surface area (Å²) in [5, 5.41) is 19.3. The molecular weight excluding hydrogens is 260 g/mol. The van der Waals surface area contributed by atoms with E-state index in [9.17, 15) is 10.2 Å². The minimum atomic E-state index is 0.295. The first-order chi connectivity index (χ1) is 9.88. The van der Waals surface area contributed by atoms with Crippen LogP contribution >= 0.6 is 0 Å². The Labute approximate surface area is 128 Å². The van der Waals surface area contributed by atoms with Crippen molar-refractivity contribution < 1.29 is 10.2 Å². The number of aromatic hydroxyl groups is 1. The maximum absolute atomic E-state index is 9.71. The summed E-state index contributed by atoms with van der Waals surface area (Å²) in [6, 6.07) is 3.88. The van der Waals surface area contributed by atoms with Crippen LogP contribution < -0.4 is 0 Å². The van der Waals surface area contributed by atoms with Gasteiger partial charge < -0.3 is 10.2 Å². The highest BCUT2D eigenvalue weighted by Gasteiger charge is 2.06. The fourth-order valence-electron chi connectivity index (χ4n) is 2.37. The molecule has 0 spiro atoms. The Hall–Kier alpha value is -1.96. The Bertz CT molecular complexity index is 590. The van der Waals surface area contributed by atoms with Crippen LogP contribution in [-0.2, 0) is 6.42 Å². The van der Waals surface area contributed by atoms with Crippen LogP contribution in [0.15, 0.2) is 47.3 Å². The molecule has 1 rings (SSSR count). The molecule has 0 saturated heterocycles. The van der Waals surface area contributed by atoms with Crippen molar-refractivity contribution in [3.05, 3.63) is 64.0 Å². The minimum Gasteiger partial charge on any atom is -0.508 e. The normalized spacial score (nSPS) is 13.7. The van der Waals surface area contributed by atoms with Gasteiger partial charge in [-0.25, -0.2) is 0 Å². The molecule has 0 saturated carbocycles. The van der Waals surface area contributed by atoms with Crippen LogP contribution in [0.2, 0.25) is 0 Å². The van der Waals surface area contributed by atoms with Gasteiger partial charge in [-0.3, -0.25) is 0 Å². The Morgan fingerprint density at radius 3 is 2.33 bits per heavy atom. The summed E-state index contributed by atoms with van der Waals surface area (Å²) in [7, 11) is 0. The van der Waals surface area contributed by atoms with Gasteiger partial charge in [0.1, 0.15) is 11.5 Å². The number of phenolic OH excluding ortho intramolecular Hbond substituents is 1. The Morgan fingerprint density at radius 2 is 1.76 bits per heavy atom. The molecule has 0 aliphatic rings. The summed E-state index contributed by atoms with van der Waals surface area (Å²) < 4.78 is 0. The van der Waals surface area contributed by atoms with E-state index in [-0.39, 0.29) is 0 Å². The molecule has 0 aromatic heterocycles. The third kappa shape index (κ3) is 4.82. The fraction of sp³-hybridized carbons (Fsp3) is 0.368. The number of hydrogen-bond donors (Lipinski definition) is 2. The quantitative estimate of drug-likeness (QED) is 0.570. The van der Waals surface area contributed by atoms with E-state index in [1.54, 1.807) is 12.2 Å². The fourth-order valence-corrected chi connectivity index (χ4v) is 2.37. The Morgan fingerprint density at radius 1 is 1.10 bits per heavy atom. The second-order valence-electron chi connectivity index (χ2n) is 5.42. The van der Waals surface area contributed by atoms with Gasteiger partial charge >= 0.3 is 0 Å². The molecular formula is C19H26O2. The average Bonchev–Trinajstić information content (AvgIpc) is 2.44. The van der Waals surface area contributed by atoms with Crippen LogP contribution in [0.5, 0.6) is 5.75 Å². The van der Waals surface area contributed by atoms with Crippen molar-refractivity contribution in [1.29, 1.82) is 0 Å². The van der Waals surface area contributed by atoms with E-state index in [0.717, 1.165) is 29.5 Å². The van der Waals surface area contributed by atoms with E-state index in [0.29, 0.717) is 11.5 Å². The number of aliphatic hydroxyl groups is 1. The van der Waals surface area contributed by atoms with Gasteiger partial charge in [0.25, 0.3) is 0 Å². The summed E-state index contributed by atoms with van der Waals surface area (Å²) in [5.74, 6) is 0.653. The van der Waals surface area contributed by atoms with E-state index in [4.69, 9.17) is 0 Å². The number of aryl methyl sites for hydroxylation is 3. The van der Waals surface area contributed by atoms with Crippen LogP contribution in [0, 0.1) is 13.8 Å². The van der Waals surface area contributed by atoms with Gasteiger partial charge in [-0.05, 0) is 93.5 Å². The van der Waals surface area contributed by atoms with Crippen molar-refractivity contribution in [2.24, 2.45) is 0 Å². The van der Waals surface area contributed by atoms with E-state index < -0.39 is 0 Å². The number of aliphatic hydroxyl groups excluding tert-OH is 1. The molecule has 2 heteroatoms. The van der Waals surface area contributed by atoms with Crippen molar-refractivity contribution in [3.8, 4) is 5.75 Å². The van der Waals surface area contributed by atoms with E-state index in [1.807, 2.05) is 40.7 Å². The smallest absolute Gasteiger partial charge is 0.118 e. The molecule has 0 heterocycles. The van der Waals surface area contributed by atoms with Gasteiger partial charge in [-0.2, -0.15) is 0 Å². The number of rotatable bonds is 5. The van der Waals surface area contributed by atoms with Gasteiger partial charge in [0.05, 0.1) is 0 Å². The Kier molecular flexibility index (Phi) is 6.29. The lowest BCUT2D eigenvalue weighted by Crippen LogP contribution is -1.95. The number of allylic oxidation sites excluding steroid dienone is 5. The van der Waals surface area contributed by atoms with Crippen LogP contribution in [0.25, 0.3) is 0 Å². The molecule has 1 aromatic rings. The monoisotopic (exact) mass is 286 g/mol. The highest BCUT2D eigenvalue weighted by Crippen LogP contribution is 2.24. The van der Waals surface area contributed by atoms with Gasteiger partial charge in [0.15, 0.2) is 0 Å². The minimum absolute atomic E-state index is 0.295. The summed E-state index contributed by atoms with van der Waals surface area (Å²) in [5.41, 5.74) is 5.60. The van der Waals surface area contributed by atoms with Gasteiger partial charge in [-0.15, -0.1) is 0 Å². The van der Waals surface area contributed by atoms with Gasteiger partial charge in [0, 0.05) is 0 Å². The number of hydrogen-bond acceptors (Lipinski definition) is 2. The number of phenols is 1. The summed E-state index contributed by atoms with van der Waals surface area (Å²) in [6.45, 7) is 9.80. The zero-order valence-electron chi connectivity index (χ0n) is 13.7. The molecule has 0 unspecified atom stereocenters. The maximum atomic E-state index is 9.71. The summed E-state index contributed by atoms with van der Waals surface area (Å²) >= 11 is 0. The van der Waals surface area contributed by atoms with Crippen molar-refractivity contribution >= 4 is 0 Å². The predicted octanol–water partition coefficient (Wildman–Crippen LogP) is 5.30. The topological polar surface area (TPSA) is 40.5 Å². The molecule has 114 valence electrons. The molecule has 0 fully saturated rings. The first-order valence-corrected chi connectivity index (χ1v) is 7.37. The third-order valence-corrected chi connectivity index (χ3v) is 3.83. The first-order valence-electron chi connectivity index (χ1n) is 7.37. The molecule has 2 nitrogen and oxygen atoms in total. The average molecular weight is 286 g/mol. The van der Waals surface area contributed by atoms with Crippen molar-refractivity contribution in [2.45, 2.75) is 47.5 Å². The standard InChI is InChI=1S/C19H26O2/c1-6-16(13(3)11-18(20)7-2)8-9-17-10-15(5)19(21)12-14(17)4/h6-7,10-12,20-21H,8-9H2,1-5H3/b13-11-,16-6-,18-7-. The highest BCUT2D eigenvalue weighted by molar-refractivity contribution is 5.41. The van der Waals surface area contributed by atoms with Gasteiger partial charge in [0.2, 0.25) is 0 Å². The lowest BCUT2D eigenvalue weighted by atomic mass is 9.95. The predicted molar refractivity (Wildman–Crippen MR) is 89.8 cm³/mol. The second kappa shape index (κ2) is 7.72. The molecule has 0 bridgehead atoms. The third-order valence-electron chi connectivity index (χ3n) is 3.83. The highest BCUT2D eigenvalue weighted by atomic mass is 16.3. The molecule has 2 N–H and O–H groups in total. The SMILES string of the molecule is C/C=C(O)/C=C(C)\C(=C/C)CCc1cc(C)c(O)cc1C. The summed E-state index contributed by atoms with van der Waals surface area (Å²) in [6.07, 6.45) is 7.42. The van der Waals surface area contributed by atoms with E-state index in [1.165, 1.54) is 11.1 Å². The summed E-state index contributed by atoms with van der Waals surface area (Å²) in [4.78, 5) is 0. The van der Waals surface area contributed by atoms with Crippen LogP contribution in [0.1, 0.15) is 43.9 Å². The van der Waals surface area contributed by atoms with Crippen molar-refractivity contribution in [1.82, 2.24) is 0 Å². The molecule has 21 heavy (non-hydrogen) atoms. The van der Waals surface area contributed by atoms with Crippen molar-refractivity contribution in [3.63, 3.8) is 0 Å². The zero-order chi connectivity index (χ0) is 16.0. The Balaban J connectivity index is 2.87. The largest absolute Gasteiger partial charge is 0.508 e. The molecule has 0 atom stereocenters. The molecule has 0 aliphatic carbocycles.